The number of likely N-dealkylation sites (N-methyl/N-ethyl adjacent to an activating group) is 1. The molecule has 0 saturated carbocycles. The van der Waals surface area contributed by atoms with Gasteiger partial charge in [0, 0.05) is 48.2 Å². The highest BCUT2D eigenvalue weighted by atomic mass is 19.1. The lowest BCUT2D eigenvalue weighted by atomic mass is 10.2. The Labute approximate surface area is 193 Å². The van der Waals surface area contributed by atoms with Crippen LogP contribution in [0.25, 0.3) is 10.9 Å². The second-order valence-electron chi connectivity index (χ2n) is 7.27. The molecule has 176 valence electrons. The SMILES string of the molecule is CNCCOc1ccc2c(Oc3c(F)cc(NC(O)c4ncccc4O)cc3F)ccnc2c1. The third-order valence-electron chi connectivity index (χ3n) is 4.88. The summed E-state index contributed by atoms with van der Waals surface area (Å²) in [7, 11) is 1.82. The average molecular weight is 468 g/mol. The molecule has 8 nitrogen and oxygen atoms in total. The Morgan fingerprint density at radius 1 is 1.03 bits per heavy atom. The van der Waals surface area contributed by atoms with E-state index in [4.69, 9.17) is 9.47 Å². The van der Waals surface area contributed by atoms with Gasteiger partial charge in [0.1, 0.15) is 29.5 Å². The van der Waals surface area contributed by atoms with E-state index in [1.165, 1.54) is 30.6 Å². The molecule has 0 bridgehead atoms. The minimum Gasteiger partial charge on any atom is -0.506 e. The topological polar surface area (TPSA) is 109 Å². The minimum absolute atomic E-state index is 0.0668. The normalized spacial score (nSPS) is 11.9. The molecule has 10 heteroatoms. The summed E-state index contributed by atoms with van der Waals surface area (Å²) >= 11 is 0. The minimum atomic E-state index is -1.49. The molecular weight excluding hydrogens is 446 g/mol. The number of halogens is 2. The maximum absolute atomic E-state index is 14.8. The van der Waals surface area contributed by atoms with E-state index < -0.39 is 23.6 Å². The van der Waals surface area contributed by atoms with Crippen LogP contribution < -0.4 is 20.1 Å². The van der Waals surface area contributed by atoms with Gasteiger partial charge in [-0.25, -0.2) is 8.78 Å². The molecule has 4 rings (SSSR count). The van der Waals surface area contributed by atoms with Crippen molar-refractivity contribution >= 4 is 16.6 Å². The first-order valence-corrected chi connectivity index (χ1v) is 10.4. The summed E-state index contributed by atoms with van der Waals surface area (Å²) in [6, 6.07) is 11.4. The van der Waals surface area contributed by atoms with Gasteiger partial charge in [-0.3, -0.25) is 9.97 Å². The van der Waals surface area contributed by atoms with Crippen molar-refractivity contribution in [3.8, 4) is 23.0 Å². The predicted molar refractivity (Wildman–Crippen MR) is 122 cm³/mol. The molecule has 0 amide bonds. The number of pyridine rings is 2. The predicted octanol–water partition coefficient (Wildman–Crippen LogP) is 4.11. The van der Waals surface area contributed by atoms with Crippen LogP contribution in [0.5, 0.6) is 23.0 Å². The Kier molecular flexibility index (Phi) is 7.00. The van der Waals surface area contributed by atoms with Crippen molar-refractivity contribution in [2.24, 2.45) is 0 Å². The molecule has 1 atom stereocenters. The van der Waals surface area contributed by atoms with E-state index in [0.29, 0.717) is 29.8 Å². The zero-order valence-electron chi connectivity index (χ0n) is 18.1. The standard InChI is InChI=1S/C24H22F2N4O4/c1-27-9-10-33-15-4-5-16-19(13-15)28-8-6-21(16)34-23-17(25)11-14(12-18(23)26)30-24(32)22-20(31)3-2-7-29-22/h2-8,11-13,24,27,30-32H,9-10H2,1H3. The van der Waals surface area contributed by atoms with E-state index in [1.54, 1.807) is 18.2 Å². The van der Waals surface area contributed by atoms with Crippen LogP contribution in [0.2, 0.25) is 0 Å². The van der Waals surface area contributed by atoms with Gasteiger partial charge < -0.3 is 30.3 Å². The van der Waals surface area contributed by atoms with Crippen LogP contribution in [-0.4, -0.2) is 40.4 Å². The van der Waals surface area contributed by atoms with Crippen LogP contribution in [0.1, 0.15) is 11.9 Å². The number of hydrogen-bond donors (Lipinski definition) is 4. The first-order chi connectivity index (χ1) is 16.5. The molecule has 4 aromatic rings. The van der Waals surface area contributed by atoms with Gasteiger partial charge in [0.15, 0.2) is 23.6 Å². The molecule has 1 unspecified atom stereocenters. The highest BCUT2D eigenvalue weighted by molar-refractivity contribution is 5.86. The largest absolute Gasteiger partial charge is 0.506 e. The molecule has 0 radical (unpaired) electrons. The van der Waals surface area contributed by atoms with Gasteiger partial charge >= 0.3 is 0 Å². The first-order valence-electron chi connectivity index (χ1n) is 10.4. The van der Waals surface area contributed by atoms with Crippen molar-refractivity contribution in [2.45, 2.75) is 6.23 Å². The number of rotatable bonds is 9. The molecule has 0 aliphatic heterocycles. The van der Waals surface area contributed by atoms with Crippen LogP contribution in [0.4, 0.5) is 14.5 Å². The number of nitrogens with zero attached hydrogens (tertiary/aromatic N) is 2. The van der Waals surface area contributed by atoms with E-state index in [-0.39, 0.29) is 22.9 Å². The quantitative estimate of drug-likeness (QED) is 0.215. The highest BCUT2D eigenvalue weighted by Gasteiger charge is 2.19. The summed E-state index contributed by atoms with van der Waals surface area (Å²) in [6.07, 6.45) is 1.35. The molecule has 34 heavy (non-hydrogen) atoms. The van der Waals surface area contributed by atoms with E-state index in [0.717, 1.165) is 12.1 Å². The summed E-state index contributed by atoms with van der Waals surface area (Å²) in [5.41, 5.74) is 0.390. The maximum Gasteiger partial charge on any atom is 0.198 e. The highest BCUT2D eigenvalue weighted by Crippen LogP contribution is 2.35. The van der Waals surface area contributed by atoms with Crippen molar-refractivity contribution in [3.05, 3.63) is 78.3 Å². The van der Waals surface area contributed by atoms with E-state index in [2.05, 4.69) is 20.6 Å². The van der Waals surface area contributed by atoms with Crippen molar-refractivity contribution < 1.29 is 28.5 Å². The van der Waals surface area contributed by atoms with E-state index >= 15 is 0 Å². The number of aromatic nitrogens is 2. The zero-order chi connectivity index (χ0) is 24.1. The molecular formula is C24H22F2N4O4. The van der Waals surface area contributed by atoms with Gasteiger partial charge in [-0.1, -0.05) is 0 Å². The number of nitrogens with one attached hydrogen (secondary N) is 2. The molecule has 0 aliphatic rings. The molecule has 0 aliphatic carbocycles. The Bertz CT molecular complexity index is 1280. The Morgan fingerprint density at radius 3 is 2.56 bits per heavy atom. The number of hydrogen-bond acceptors (Lipinski definition) is 8. The van der Waals surface area contributed by atoms with Crippen LogP contribution in [0.15, 0.2) is 60.9 Å². The Morgan fingerprint density at radius 2 is 1.82 bits per heavy atom. The summed E-state index contributed by atoms with van der Waals surface area (Å²) < 4.78 is 40.7. The Hall–Kier alpha value is -4.02. The fourth-order valence-corrected chi connectivity index (χ4v) is 3.25. The smallest absolute Gasteiger partial charge is 0.198 e. The lowest BCUT2D eigenvalue weighted by Gasteiger charge is -2.16. The van der Waals surface area contributed by atoms with Crippen molar-refractivity contribution in [1.82, 2.24) is 15.3 Å². The van der Waals surface area contributed by atoms with Gasteiger partial charge in [0.2, 0.25) is 0 Å². The molecule has 0 spiro atoms. The van der Waals surface area contributed by atoms with Crippen molar-refractivity contribution in [3.63, 3.8) is 0 Å². The number of benzene rings is 2. The second kappa shape index (κ2) is 10.3. The van der Waals surface area contributed by atoms with Gasteiger partial charge in [0.25, 0.3) is 0 Å². The van der Waals surface area contributed by atoms with Gasteiger partial charge in [-0.15, -0.1) is 0 Å². The van der Waals surface area contributed by atoms with Crippen molar-refractivity contribution in [2.75, 3.05) is 25.5 Å². The van der Waals surface area contributed by atoms with Gasteiger partial charge in [-0.2, -0.15) is 0 Å². The molecule has 2 aromatic carbocycles. The first kappa shape index (κ1) is 23.1. The molecule has 4 N–H and O–H groups in total. The lowest BCUT2D eigenvalue weighted by molar-refractivity contribution is 0.198. The van der Waals surface area contributed by atoms with Gasteiger partial charge in [-0.05, 0) is 37.4 Å². The lowest BCUT2D eigenvalue weighted by Crippen LogP contribution is -2.15. The van der Waals surface area contributed by atoms with Gasteiger partial charge in [0.05, 0.1) is 5.52 Å². The van der Waals surface area contributed by atoms with Crippen LogP contribution in [0, 0.1) is 11.6 Å². The third-order valence-corrected chi connectivity index (χ3v) is 4.88. The molecule has 2 aromatic heterocycles. The summed E-state index contributed by atoms with van der Waals surface area (Å²) in [5.74, 6) is -2.03. The maximum atomic E-state index is 14.8. The summed E-state index contributed by atoms with van der Waals surface area (Å²) in [5, 5.41) is 26.0. The van der Waals surface area contributed by atoms with Crippen molar-refractivity contribution in [1.29, 1.82) is 0 Å². The number of aromatic hydroxyl groups is 1. The van der Waals surface area contributed by atoms with Crippen LogP contribution in [-0.2, 0) is 0 Å². The fourth-order valence-electron chi connectivity index (χ4n) is 3.25. The molecule has 2 heterocycles. The molecule has 0 fully saturated rings. The number of aliphatic hydroxyl groups excluding tert-OH is 1. The second-order valence-corrected chi connectivity index (χ2v) is 7.27. The van der Waals surface area contributed by atoms with Crippen LogP contribution in [0.3, 0.4) is 0 Å². The number of fused-ring (bicyclic) bond motifs is 1. The fraction of sp³-hybridized carbons (Fsp3) is 0.167. The summed E-state index contributed by atoms with van der Waals surface area (Å²) in [4.78, 5) is 8.13. The summed E-state index contributed by atoms with van der Waals surface area (Å²) in [6.45, 7) is 1.15. The van der Waals surface area contributed by atoms with Crippen LogP contribution >= 0.6 is 0 Å². The van der Waals surface area contributed by atoms with E-state index in [1.807, 2.05) is 7.05 Å². The monoisotopic (exact) mass is 468 g/mol. The zero-order valence-corrected chi connectivity index (χ0v) is 18.1. The van der Waals surface area contributed by atoms with E-state index in [9.17, 15) is 19.0 Å². The number of aliphatic hydroxyl groups is 1. The number of ether oxygens (including phenoxy) is 2. The Balaban J connectivity index is 1.55. The number of anilines is 1. The average Bonchev–Trinajstić information content (AvgIpc) is 2.81. The molecule has 0 saturated heterocycles. The third kappa shape index (κ3) is 5.13.